The molecule has 1 N–H and O–H groups in total. The van der Waals surface area contributed by atoms with E-state index in [1.165, 1.54) is 0 Å². The first-order chi connectivity index (χ1) is 15.5. The van der Waals surface area contributed by atoms with E-state index in [9.17, 15) is 9.59 Å². The summed E-state index contributed by atoms with van der Waals surface area (Å²) in [7, 11) is 4.79. The van der Waals surface area contributed by atoms with Crippen molar-refractivity contribution < 1.29 is 23.8 Å². The zero-order chi connectivity index (χ0) is 22.7. The van der Waals surface area contributed by atoms with E-state index in [-0.39, 0.29) is 18.2 Å². The molecule has 8 heteroatoms. The molecule has 1 aliphatic rings. The molecule has 0 bridgehead atoms. The van der Waals surface area contributed by atoms with Gasteiger partial charge in [-0.05, 0) is 36.4 Å². The Kier molecular flexibility index (Phi) is 6.32. The molecule has 1 atom stereocenters. The lowest BCUT2D eigenvalue weighted by Crippen LogP contribution is -2.28. The highest BCUT2D eigenvalue weighted by Gasteiger charge is 2.35. The van der Waals surface area contributed by atoms with E-state index in [1.54, 1.807) is 44.4 Å². The number of ether oxygens (including phenoxy) is 3. The Morgan fingerprint density at radius 3 is 2.62 bits per heavy atom. The molecule has 2 amide bonds. The van der Waals surface area contributed by atoms with Crippen molar-refractivity contribution in [3.63, 3.8) is 0 Å². The van der Waals surface area contributed by atoms with Crippen LogP contribution in [0.15, 0.2) is 48.7 Å². The molecule has 0 saturated carbocycles. The summed E-state index contributed by atoms with van der Waals surface area (Å²) < 4.78 is 17.9. The third kappa shape index (κ3) is 4.27. The zero-order valence-corrected chi connectivity index (χ0v) is 18.5. The molecule has 0 spiro atoms. The van der Waals surface area contributed by atoms with E-state index in [1.807, 2.05) is 30.5 Å². The predicted molar refractivity (Wildman–Crippen MR) is 122 cm³/mol. The average molecular weight is 437 g/mol. The summed E-state index contributed by atoms with van der Waals surface area (Å²) in [5, 5.41) is 4.00. The largest absolute Gasteiger partial charge is 0.493 e. The number of hydrogen-bond acceptors (Lipinski definition) is 5. The summed E-state index contributed by atoms with van der Waals surface area (Å²) in [6, 6.07) is 13.1. The van der Waals surface area contributed by atoms with Crippen LogP contribution in [-0.2, 0) is 20.9 Å². The maximum absolute atomic E-state index is 12.9. The van der Waals surface area contributed by atoms with Gasteiger partial charge in [-0.1, -0.05) is 0 Å². The van der Waals surface area contributed by atoms with Gasteiger partial charge in [-0.2, -0.15) is 0 Å². The summed E-state index contributed by atoms with van der Waals surface area (Å²) >= 11 is 0. The molecule has 1 unspecified atom stereocenters. The maximum atomic E-state index is 12.9. The van der Waals surface area contributed by atoms with Gasteiger partial charge in [0.15, 0.2) is 11.5 Å². The molecule has 1 saturated heterocycles. The number of carbonyl (C=O) groups excluding carboxylic acids is 2. The van der Waals surface area contributed by atoms with Crippen LogP contribution in [0.25, 0.3) is 10.9 Å². The van der Waals surface area contributed by atoms with Crippen LogP contribution in [0.1, 0.15) is 6.42 Å². The highest BCUT2D eigenvalue weighted by molar-refractivity contribution is 6.04. The maximum Gasteiger partial charge on any atom is 0.229 e. The lowest BCUT2D eigenvalue weighted by molar-refractivity contribution is -0.122. The lowest BCUT2D eigenvalue weighted by atomic mass is 10.1. The van der Waals surface area contributed by atoms with Crippen LogP contribution in [0.2, 0.25) is 0 Å². The Labute approximate surface area is 186 Å². The van der Waals surface area contributed by atoms with Crippen molar-refractivity contribution in [3.05, 3.63) is 48.7 Å². The number of nitrogens with zero attached hydrogens (tertiary/aromatic N) is 2. The molecule has 2 heterocycles. The second kappa shape index (κ2) is 9.32. The third-order valence-corrected chi connectivity index (χ3v) is 5.75. The van der Waals surface area contributed by atoms with Gasteiger partial charge in [0, 0.05) is 61.2 Å². The van der Waals surface area contributed by atoms with Gasteiger partial charge in [0.2, 0.25) is 11.8 Å². The molecular weight excluding hydrogens is 410 g/mol. The Hall–Kier alpha value is -3.52. The Morgan fingerprint density at radius 1 is 1.06 bits per heavy atom. The summed E-state index contributed by atoms with van der Waals surface area (Å²) in [6.45, 7) is 1.71. The van der Waals surface area contributed by atoms with Crippen molar-refractivity contribution in [2.75, 3.05) is 44.7 Å². The van der Waals surface area contributed by atoms with Crippen LogP contribution in [-0.4, -0.2) is 50.9 Å². The molecule has 3 aromatic rings. The summed E-state index contributed by atoms with van der Waals surface area (Å²) in [5.41, 5.74) is 2.47. The minimum Gasteiger partial charge on any atom is -0.493 e. The second-order valence-electron chi connectivity index (χ2n) is 7.71. The topological polar surface area (TPSA) is 82.0 Å². The van der Waals surface area contributed by atoms with Gasteiger partial charge in [-0.25, -0.2) is 0 Å². The molecular formula is C24H27N3O5. The van der Waals surface area contributed by atoms with Crippen LogP contribution >= 0.6 is 0 Å². The fourth-order valence-electron chi connectivity index (χ4n) is 4.03. The Morgan fingerprint density at radius 2 is 1.88 bits per heavy atom. The van der Waals surface area contributed by atoms with E-state index in [0.717, 1.165) is 17.4 Å². The molecule has 1 fully saturated rings. The monoisotopic (exact) mass is 437 g/mol. The first-order valence-corrected chi connectivity index (χ1v) is 10.4. The van der Waals surface area contributed by atoms with Crippen LogP contribution in [0.5, 0.6) is 11.5 Å². The molecule has 0 aliphatic carbocycles. The highest BCUT2D eigenvalue weighted by atomic mass is 16.5. The van der Waals surface area contributed by atoms with Gasteiger partial charge in [0.25, 0.3) is 0 Å². The number of amides is 2. The van der Waals surface area contributed by atoms with Gasteiger partial charge < -0.3 is 29.0 Å². The average Bonchev–Trinajstić information content (AvgIpc) is 3.40. The predicted octanol–water partition coefficient (Wildman–Crippen LogP) is 3.30. The normalized spacial score (nSPS) is 15.9. The Bertz CT molecular complexity index is 1140. The van der Waals surface area contributed by atoms with Crippen molar-refractivity contribution in [1.82, 2.24) is 4.57 Å². The summed E-state index contributed by atoms with van der Waals surface area (Å²) in [4.78, 5) is 27.1. The number of fused-ring (bicyclic) bond motifs is 1. The van der Waals surface area contributed by atoms with E-state index in [2.05, 4.69) is 9.88 Å². The van der Waals surface area contributed by atoms with E-state index in [4.69, 9.17) is 14.2 Å². The molecule has 2 aromatic carbocycles. The van der Waals surface area contributed by atoms with E-state index < -0.39 is 5.92 Å². The van der Waals surface area contributed by atoms with Crippen molar-refractivity contribution in [2.24, 2.45) is 5.92 Å². The molecule has 8 nitrogen and oxygen atoms in total. The molecule has 4 rings (SSSR count). The molecule has 32 heavy (non-hydrogen) atoms. The third-order valence-electron chi connectivity index (χ3n) is 5.75. The quantitative estimate of drug-likeness (QED) is 0.585. The van der Waals surface area contributed by atoms with Crippen molar-refractivity contribution in [1.29, 1.82) is 0 Å². The van der Waals surface area contributed by atoms with Crippen LogP contribution in [0.4, 0.5) is 11.4 Å². The van der Waals surface area contributed by atoms with E-state index >= 15 is 0 Å². The number of methoxy groups -OCH3 is 3. The van der Waals surface area contributed by atoms with Crippen molar-refractivity contribution in [2.45, 2.75) is 13.0 Å². The minimum atomic E-state index is -0.433. The summed E-state index contributed by atoms with van der Waals surface area (Å²) in [5.74, 6) is 0.431. The number of rotatable bonds is 8. The van der Waals surface area contributed by atoms with Crippen LogP contribution in [0, 0.1) is 5.92 Å². The van der Waals surface area contributed by atoms with Gasteiger partial charge in [0.1, 0.15) is 0 Å². The van der Waals surface area contributed by atoms with Gasteiger partial charge in [-0.3, -0.25) is 9.59 Å². The number of benzene rings is 2. The standard InChI is InChI=1S/C24H27N3O5/c1-30-11-10-26-9-8-16-12-18(4-6-20(16)26)25-24(29)17-13-23(28)27(15-17)19-5-7-21(31-2)22(14-19)32-3/h4-9,12,14,17H,10-11,13,15H2,1-3H3,(H,25,29). The summed E-state index contributed by atoms with van der Waals surface area (Å²) in [6.07, 6.45) is 2.17. The van der Waals surface area contributed by atoms with Crippen molar-refractivity contribution >= 4 is 34.1 Å². The molecule has 1 aromatic heterocycles. The Balaban J connectivity index is 1.45. The highest BCUT2D eigenvalue weighted by Crippen LogP contribution is 2.34. The van der Waals surface area contributed by atoms with Crippen LogP contribution < -0.4 is 19.7 Å². The van der Waals surface area contributed by atoms with Gasteiger partial charge >= 0.3 is 0 Å². The molecule has 0 radical (unpaired) electrons. The lowest BCUT2D eigenvalue weighted by Gasteiger charge is -2.18. The zero-order valence-electron chi connectivity index (χ0n) is 18.5. The molecule has 1 aliphatic heterocycles. The van der Waals surface area contributed by atoms with E-state index in [0.29, 0.717) is 36.0 Å². The van der Waals surface area contributed by atoms with Gasteiger partial charge in [0.05, 0.1) is 26.7 Å². The number of carbonyl (C=O) groups is 2. The number of aromatic nitrogens is 1. The minimum absolute atomic E-state index is 0.0944. The number of anilines is 2. The van der Waals surface area contributed by atoms with Crippen molar-refractivity contribution in [3.8, 4) is 11.5 Å². The van der Waals surface area contributed by atoms with Crippen LogP contribution in [0.3, 0.4) is 0 Å². The fraction of sp³-hybridized carbons (Fsp3) is 0.333. The SMILES string of the molecule is COCCn1ccc2cc(NC(=O)C3CC(=O)N(c4ccc(OC)c(OC)c4)C3)ccc21. The first-order valence-electron chi connectivity index (χ1n) is 10.4. The van der Waals surface area contributed by atoms with Gasteiger partial charge in [-0.15, -0.1) is 0 Å². The smallest absolute Gasteiger partial charge is 0.229 e. The second-order valence-corrected chi connectivity index (χ2v) is 7.71. The number of hydrogen-bond donors (Lipinski definition) is 1. The molecule has 168 valence electrons. The first kappa shape index (κ1) is 21.7. The number of nitrogens with one attached hydrogen (secondary N) is 1. The fourth-order valence-corrected chi connectivity index (χ4v) is 4.03.